The van der Waals surface area contributed by atoms with Gasteiger partial charge in [0.2, 0.25) is 0 Å². The van der Waals surface area contributed by atoms with E-state index in [1.54, 1.807) is 0 Å². The molecule has 0 bridgehead atoms. The topological polar surface area (TPSA) is 53.2 Å². The van der Waals surface area contributed by atoms with E-state index in [-0.39, 0.29) is 0 Å². The summed E-state index contributed by atoms with van der Waals surface area (Å²) in [4.78, 5) is 2.58. The second-order valence-electron chi connectivity index (χ2n) is 7.08. The zero-order chi connectivity index (χ0) is 15.6. The van der Waals surface area contributed by atoms with E-state index in [0.717, 1.165) is 31.8 Å². The summed E-state index contributed by atoms with van der Waals surface area (Å²) in [5.41, 5.74) is 2.29. The van der Waals surface area contributed by atoms with Crippen LogP contribution < -0.4 is 5.32 Å². The molecule has 5 heteroatoms. The Morgan fingerprint density at radius 3 is 3.17 bits per heavy atom. The summed E-state index contributed by atoms with van der Waals surface area (Å²) in [6, 6.07) is 6.97. The van der Waals surface area contributed by atoms with Gasteiger partial charge in [0.05, 0.1) is 17.8 Å². The smallest absolute Gasteiger partial charge is 0.0702 e. The molecule has 5 nitrogen and oxygen atoms in total. The minimum Gasteiger partial charge on any atom is -0.382 e. The Hall–Kier alpha value is -1.59. The van der Waals surface area contributed by atoms with Crippen LogP contribution in [0.15, 0.2) is 24.4 Å². The van der Waals surface area contributed by atoms with Crippen LogP contribution in [0.1, 0.15) is 26.2 Å². The van der Waals surface area contributed by atoms with Crippen molar-refractivity contribution in [1.82, 2.24) is 15.1 Å². The highest BCUT2D eigenvalue weighted by Gasteiger charge is 2.28. The fourth-order valence-electron chi connectivity index (χ4n) is 3.94. The summed E-state index contributed by atoms with van der Waals surface area (Å²) in [5.74, 6) is 0.644. The second kappa shape index (κ2) is 6.49. The maximum atomic E-state index is 5.78. The molecule has 4 rings (SSSR count). The highest BCUT2D eigenvalue weighted by molar-refractivity contribution is 5.81. The molecule has 0 saturated carbocycles. The molecule has 23 heavy (non-hydrogen) atoms. The molecule has 1 aromatic heterocycles. The molecule has 0 radical (unpaired) electrons. The molecule has 0 amide bonds. The average molecular weight is 314 g/mol. The van der Waals surface area contributed by atoms with Crippen molar-refractivity contribution in [3.8, 4) is 0 Å². The van der Waals surface area contributed by atoms with Crippen molar-refractivity contribution in [2.45, 2.75) is 38.3 Å². The molecule has 3 heterocycles. The van der Waals surface area contributed by atoms with E-state index in [1.165, 1.54) is 30.3 Å². The SMILES string of the molecule is C[C@@H]1CN(C[C@H]2CCCO2)CC[C@@H]1Nc1ccc2[nH]ncc2c1. The molecular formula is C18H26N4O. The van der Waals surface area contributed by atoms with Crippen molar-refractivity contribution in [2.75, 3.05) is 31.6 Å². The number of H-pyrrole nitrogens is 1. The first kappa shape index (κ1) is 15.0. The molecule has 2 fully saturated rings. The van der Waals surface area contributed by atoms with Crippen LogP contribution in [0.2, 0.25) is 0 Å². The number of nitrogens with one attached hydrogen (secondary N) is 2. The van der Waals surface area contributed by atoms with Gasteiger partial charge in [-0.1, -0.05) is 6.92 Å². The standard InChI is InChI=1S/C18H26N4O/c1-13-11-22(12-16-3-2-8-23-16)7-6-17(13)20-15-4-5-18-14(9-15)10-19-21-18/h4-5,9-10,13,16-17,20H,2-3,6-8,11-12H2,1H3,(H,19,21)/t13-,16-,17+/m1/s1. The van der Waals surface area contributed by atoms with E-state index in [2.05, 4.69) is 45.5 Å². The van der Waals surface area contributed by atoms with Crippen molar-refractivity contribution in [3.05, 3.63) is 24.4 Å². The number of piperidine rings is 1. The van der Waals surface area contributed by atoms with Gasteiger partial charge in [0.1, 0.15) is 0 Å². The quantitative estimate of drug-likeness (QED) is 0.911. The number of fused-ring (bicyclic) bond motifs is 1. The number of hydrogen-bond acceptors (Lipinski definition) is 4. The van der Waals surface area contributed by atoms with Crippen LogP contribution in [0.25, 0.3) is 10.9 Å². The third-order valence-electron chi connectivity index (χ3n) is 5.27. The number of ether oxygens (including phenoxy) is 1. The van der Waals surface area contributed by atoms with Crippen LogP contribution >= 0.6 is 0 Å². The lowest BCUT2D eigenvalue weighted by atomic mass is 9.93. The van der Waals surface area contributed by atoms with Gasteiger partial charge in [-0.2, -0.15) is 5.10 Å². The third-order valence-corrected chi connectivity index (χ3v) is 5.27. The first-order valence-corrected chi connectivity index (χ1v) is 8.81. The highest BCUT2D eigenvalue weighted by Crippen LogP contribution is 2.24. The summed E-state index contributed by atoms with van der Waals surface area (Å²) in [7, 11) is 0. The number of nitrogens with zero attached hydrogens (tertiary/aromatic N) is 2. The monoisotopic (exact) mass is 314 g/mol. The van der Waals surface area contributed by atoms with Gasteiger partial charge in [0.25, 0.3) is 0 Å². The Morgan fingerprint density at radius 2 is 2.35 bits per heavy atom. The molecule has 2 N–H and O–H groups in total. The number of rotatable bonds is 4. The summed E-state index contributed by atoms with van der Waals surface area (Å²) < 4.78 is 5.78. The van der Waals surface area contributed by atoms with Gasteiger partial charge in [-0.15, -0.1) is 0 Å². The van der Waals surface area contributed by atoms with E-state index < -0.39 is 0 Å². The van der Waals surface area contributed by atoms with Gasteiger partial charge < -0.3 is 15.0 Å². The van der Waals surface area contributed by atoms with Gasteiger partial charge in [-0.25, -0.2) is 0 Å². The van der Waals surface area contributed by atoms with Crippen molar-refractivity contribution < 1.29 is 4.74 Å². The molecule has 2 aliphatic heterocycles. The third kappa shape index (κ3) is 3.35. The van der Waals surface area contributed by atoms with E-state index in [0.29, 0.717) is 18.1 Å². The Morgan fingerprint density at radius 1 is 1.39 bits per heavy atom. The first-order chi connectivity index (χ1) is 11.3. The van der Waals surface area contributed by atoms with E-state index in [4.69, 9.17) is 4.74 Å². The zero-order valence-corrected chi connectivity index (χ0v) is 13.8. The van der Waals surface area contributed by atoms with Crippen molar-refractivity contribution >= 4 is 16.6 Å². The second-order valence-corrected chi connectivity index (χ2v) is 7.08. The molecule has 2 aliphatic rings. The van der Waals surface area contributed by atoms with Crippen LogP contribution in [0, 0.1) is 5.92 Å². The summed E-state index contributed by atoms with van der Waals surface area (Å²) in [6.07, 6.45) is 6.01. The number of likely N-dealkylation sites (tertiary alicyclic amines) is 1. The van der Waals surface area contributed by atoms with Crippen LogP contribution in [-0.4, -0.2) is 53.5 Å². The van der Waals surface area contributed by atoms with Gasteiger partial charge in [0, 0.05) is 43.4 Å². The van der Waals surface area contributed by atoms with Crippen molar-refractivity contribution in [3.63, 3.8) is 0 Å². The van der Waals surface area contributed by atoms with Gasteiger partial charge in [0.15, 0.2) is 0 Å². The van der Waals surface area contributed by atoms with Gasteiger partial charge >= 0.3 is 0 Å². The van der Waals surface area contributed by atoms with Crippen LogP contribution in [0.5, 0.6) is 0 Å². The van der Waals surface area contributed by atoms with E-state index in [1.807, 2.05) is 6.20 Å². The number of benzene rings is 1. The lowest BCUT2D eigenvalue weighted by molar-refractivity contribution is 0.0563. The van der Waals surface area contributed by atoms with Crippen LogP contribution in [0.4, 0.5) is 5.69 Å². The van der Waals surface area contributed by atoms with E-state index in [9.17, 15) is 0 Å². The van der Waals surface area contributed by atoms with Crippen molar-refractivity contribution in [2.24, 2.45) is 5.92 Å². The number of hydrogen-bond donors (Lipinski definition) is 2. The van der Waals surface area contributed by atoms with Crippen LogP contribution in [0.3, 0.4) is 0 Å². The number of anilines is 1. The molecule has 2 saturated heterocycles. The highest BCUT2D eigenvalue weighted by atomic mass is 16.5. The summed E-state index contributed by atoms with van der Waals surface area (Å²) in [6.45, 7) is 6.74. The predicted octanol–water partition coefficient (Wildman–Crippen LogP) is 2.86. The first-order valence-electron chi connectivity index (χ1n) is 8.81. The predicted molar refractivity (Wildman–Crippen MR) is 92.7 cm³/mol. The average Bonchev–Trinajstić information content (AvgIpc) is 3.21. The normalized spacial score (nSPS) is 29.2. The van der Waals surface area contributed by atoms with Gasteiger partial charge in [-0.3, -0.25) is 5.10 Å². The molecule has 2 aromatic rings. The molecule has 1 aromatic carbocycles. The summed E-state index contributed by atoms with van der Waals surface area (Å²) >= 11 is 0. The molecule has 124 valence electrons. The minimum atomic E-state index is 0.468. The summed E-state index contributed by atoms with van der Waals surface area (Å²) in [5, 5.41) is 12.0. The maximum absolute atomic E-state index is 5.78. The van der Waals surface area contributed by atoms with Crippen molar-refractivity contribution in [1.29, 1.82) is 0 Å². The fourth-order valence-corrected chi connectivity index (χ4v) is 3.94. The lowest BCUT2D eigenvalue weighted by Crippen LogP contribution is -2.47. The molecule has 0 unspecified atom stereocenters. The molecule has 3 atom stereocenters. The molecule has 0 spiro atoms. The maximum Gasteiger partial charge on any atom is 0.0702 e. The Balaban J connectivity index is 1.34. The lowest BCUT2D eigenvalue weighted by Gasteiger charge is -2.38. The largest absolute Gasteiger partial charge is 0.382 e. The fraction of sp³-hybridized carbons (Fsp3) is 0.611. The number of aromatic amines is 1. The Bertz CT molecular complexity index is 649. The molecule has 0 aliphatic carbocycles. The molecular weight excluding hydrogens is 288 g/mol. The van der Waals surface area contributed by atoms with Crippen LogP contribution in [-0.2, 0) is 4.74 Å². The Kier molecular flexibility index (Phi) is 4.23. The van der Waals surface area contributed by atoms with Gasteiger partial charge in [-0.05, 0) is 43.4 Å². The minimum absolute atomic E-state index is 0.468. The zero-order valence-electron chi connectivity index (χ0n) is 13.8. The Labute approximate surface area is 137 Å². The number of aromatic nitrogens is 2. The van der Waals surface area contributed by atoms with E-state index >= 15 is 0 Å².